The molecule has 7 aromatic rings. The van der Waals surface area contributed by atoms with Crippen molar-refractivity contribution in [3.8, 4) is 11.1 Å². The van der Waals surface area contributed by atoms with E-state index in [1.807, 2.05) is 0 Å². The van der Waals surface area contributed by atoms with Crippen molar-refractivity contribution in [3.63, 3.8) is 0 Å². The first-order valence-corrected chi connectivity index (χ1v) is 19.1. The van der Waals surface area contributed by atoms with Gasteiger partial charge in [-0.2, -0.15) is 0 Å². The normalized spacial score (nSPS) is 18.9. The van der Waals surface area contributed by atoms with Crippen molar-refractivity contribution in [2.45, 2.75) is 31.3 Å². The second-order valence-electron chi connectivity index (χ2n) is 14.7. The average molecular weight is 695 g/mol. The van der Waals surface area contributed by atoms with Crippen LogP contribution in [-0.2, 0) is 0 Å². The predicted octanol–water partition coefficient (Wildman–Crippen LogP) is 11.0. The summed E-state index contributed by atoms with van der Waals surface area (Å²) in [6, 6.07) is 42.1. The third-order valence-corrected chi connectivity index (χ3v) is 11.6. The molecule has 1 N–H and O–H groups in total. The van der Waals surface area contributed by atoms with E-state index in [1.165, 1.54) is 76.9 Å². The van der Waals surface area contributed by atoms with Crippen molar-refractivity contribution in [1.82, 2.24) is 9.88 Å². The van der Waals surface area contributed by atoms with Crippen LogP contribution in [-0.4, -0.2) is 10.6 Å². The Hall–Kier alpha value is -6.58. The van der Waals surface area contributed by atoms with Gasteiger partial charge in [0.05, 0.1) is 23.1 Å². The first-order valence-electron chi connectivity index (χ1n) is 19.1. The molecule has 3 heteroatoms. The second-order valence-corrected chi connectivity index (χ2v) is 14.7. The molecule has 258 valence electrons. The minimum Gasteiger partial charge on any atom is -0.456 e. The van der Waals surface area contributed by atoms with E-state index in [4.69, 9.17) is 4.42 Å². The van der Waals surface area contributed by atoms with Gasteiger partial charge in [0.15, 0.2) is 0 Å². The third kappa shape index (κ3) is 5.03. The van der Waals surface area contributed by atoms with Gasteiger partial charge in [-0.05, 0) is 88.6 Å². The number of furan rings is 1. The van der Waals surface area contributed by atoms with Crippen LogP contribution in [0.1, 0.15) is 42.0 Å². The maximum Gasteiger partial charge on any atom is 0.136 e. The summed E-state index contributed by atoms with van der Waals surface area (Å²) < 4.78 is 9.36. The lowest BCUT2D eigenvalue weighted by Gasteiger charge is -2.29. The van der Waals surface area contributed by atoms with Gasteiger partial charge in [-0.15, -0.1) is 0 Å². The Balaban J connectivity index is 1.09. The number of nitrogens with one attached hydrogen (secondary N) is 1. The molecule has 3 heterocycles. The van der Waals surface area contributed by atoms with Gasteiger partial charge in [0.1, 0.15) is 11.0 Å². The highest BCUT2D eigenvalue weighted by Crippen LogP contribution is 2.39. The largest absolute Gasteiger partial charge is 0.456 e. The van der Waals surface area contributed by atoms with E-state index in [1.54, 1.807) is 0 Å². The van der Waals surface area contributed by atoms with Crippen LogP contribution >= 0.6 is 0 Å². The van der Waals surface area contributed by atoms with Crippen molar-refractivity contribution in [2.75, 3.05) is 0 Å². The van der Waals surface area contributed by atoms with Crippen LogP contribution in [0, 0.1) is 0 Å². The van der Waals surface area contributed by atoms with Gasteiger partial charge >= 0.3 is 0 Å². The Bertz CT molecular complexity index is 2980. The molecule has 2 atom stereocenters. The van der Waals surface area contributed by atoms with Crippen molar-refractivity contribution >= 4 is 61.8 Å². The van der Waals surface area contributed by atoms with Gasteiger partial charge in [-0.1, -0.05) is 146 Å². The Morgan fingerprint density at radius 2 is 1.44 bits per heavy atom. The number of allylic oxidation sites excluding steroid dienone is 8. The molecule has 11 rings (SSSR count). The molecule has 0 fully saturated rings. The monoisotopic (exact) mass is 694 g/mol. The topological polar surface area (TPSA) is 30.1 Å². The molecule has 54 heavy (non-hydrogen) atoms. The summed E-state index contributed by atoms with van der Waals surface area (Å²) in [7, 11) is 0. The summed E-state index contributed by atoms with van der Waals surface area (Å²) >= 11 is 0. The van der Waals surface area contributed by atoms with Crippen LogP contribution in [0.5, 0.6) is 0 Å². The minimum absolute atomic E-state index is 0.0834. The number of benzene rings is 5. The summed E-state index contributed by atoms with van der Waals surface area (Å²) in [5.41, 5.74) is 15.4. The number of hydrogen-bond acceptors (Lipinski definition) is 2. The number of dihydropyridines is 1. The summed E-state index contributed by atoms with van der Waals surface area (Å²) in [5, 5.41) is 8.77. The van der Waals surface area contributed by atoms with E-state index in [0.717, 1.165) is 36.0 Å². The molecule has 2 aromatic heterocycles. The molecule has 0 radical (unpaired) electrons. The van der Waals surface area contributed by atoms with Crippen LogP contribution in [0.4, 0.5) is 0 Å². The zero-order valence-corrected chi connectivity index (χ0v) is 29.9. The zero-order valence-electron chi connectivity index (χ0n) is 29.9. The number of fused-ring (bicyclic) bond motifs is 7. The summed E-state index contributed by atoms with van der Waals surface area (Å²) in [6.07, 6.45) is 25.9. The van der Waals surface area contributed by atoms with Gasteiger partial charge < -0.3 is 14.3 Å². The smallest absolute Gasteiger partial charge is 0.136 e. The quantitative estimate of drug-likeness (QED) is 0.194. The third-order valence-electron chi connectivity index (χ3n) is 11.6. The van der Waals surface area contributed by atoms with Crippen molar-refractivity contribution < 1.29 is 4.42 Å². The molecule has 0 saturated heterocycles. The second kappa shape index (κ2) is 12.5. The Labute approximate surface area is 314 Å². The number of hydrogen-bond donors (Lipinski definition) is 1. The molecule has 0 saturated carbocycles. The van der Waals surface area contributed by atoms with E-state index in [0.29, 0.717) is 0 Å². The van der Waals surface area contributed by atoms with Gasteiger partial charge in [0.25, 0.3) is 0 Å². The van der Waals surface area contributed by atoms with Crippen LogP contribution in [0.25, 0.3) is 72.9 Å². The molecule has 3 aliphatic carbocycles. The highest BCUT2D eigenvalue weighted by Gasteiger charge is 2.26. The first kappa shape index (κ1) is 31.0. The minimum atomic E-state index is 0.0834. The van der Waals surface area contributed by atoms with E-state index in [9.17, 15) is 0 Å². The Morgan fingerprint density at radius 1 is 0.667 bits per heavy atom. The van der Waals surface area contributed by atoms with E-state index < -0.39 is 0 Å². The van der Waals surface area contributed by atoms with Gasteiger partial charge in [-0.3, -0.25) is 0 Å². The first-order chi connectivity index (χ1) is 26.8. The van der Waals surface area contributed by atoms with Crippen LogP contribution in [0.3, 0.4) is 0 Å². The Kier molecular flexibility index (Phi) is 7.19. The molecule has 0 spiro atoms. The van der Waals surface area contributed by atoms with Gasteiger partial charge in [-0.25, -0.2) is 0 Å². The van der Waals surface area contributed by atoms with Gasteiger partial charge in [0, 0.05) is 32.6 Å². The van der Waals surface area contributed by atoms with E-state index in [-0.39, 0.29) is 12.1 Å². The molecule has 2 unspecified atom stereocenters. The highest BCUT2D eigenvalue weighted by molar-refractivity contribution is 6.10. The highest BCUT2D eigenvalue weighted by atomic mass is 16.3. The average Bonchev–Trinajstić information content (AvgIpc) is 3.78. The predicted molar refractivity (Wildman–Crippen MR) is 226 cm³/mol. The van der Waals surface area contributed by atoms with E-state index >= 15 is 0 Å². The number of nitrogens with zero attached hydrogens (tertiary/aromatic N) is 1. The molecule has 4 aliphatic rings. The van der Waals surface area contributed by atoms with Crippen LogP contribution in [0.15, 0.2) is 174 Å². The van der Waals surface area contributed by atoms with Crippen molar-refractivity contribution in [2.24, 2.45) is 0 Å². The Morgan fingerprint density at radius 3 is 2.24 bits per heavy atom. The van der Waals surface area contributed by atoms with Gasteiger partial charge in [0.2, 0.25) is 0 Å². The summed E-state index contributed by atoms with van der Waals surface area (Å²) in [5.74, 6) is 0. The number of rotatable bonds is 5. The standard InChI is InChI=1S/C51H38N2O/c1-4-13-33(14-5-1)36-23-26-40-41-27-24-37(34-15-6-2-7-16-34)30-48(41)53(47(40)29-36)38-25-28-43-50(31-38)54-49-22-12-20-42(51(43)49)46-32-44(35-17-8-3-9-18-35)39-19-10-11-21-45(39)52-46/h1,3-6,8-24,26-32,38,45,52H,2,7,25H2. The maximum atomic E-state index is 6.79. The molecule has 0 bridgehead atoms. The fourth-order valence-electron chi connectivity index (χ4n) is 9.01. The summed E-state index contributed by atoms with van der Waals surface area (Å²) in [6.45, 7) is 0. The fraction of sp³-hybridized carbons (Fsp3) is 0.0980. The molecular formula is C51H38N2O. The zero-order chi connectivity index (χ0) is 35.6. The molecule has 5 aromatic carbocycles. The SMILES string of the molecule is C1=CC2=C(c3ccccc3)C=C(c3cccc4oc5c(c34)=CCC(n3c4cc(C6=CCCC=C6)ccc4c4ccc(-c6ccccc6)cc43)C=5)NC2C=C1. The fourth-order valence-corrected chi connectivity index (χ4v) is 9.01. The van der Waals surface area contributed by atoms with E-state index in [2.05, 4.69) is 186 Å². The molecule has 1 aliphatic heterocycles. The van der Waals surface area contributed by atoms with Crippen LogP contribution < -0.4 is 16.0 Å². The molecule has 3 nitrogen and oxygen atoms in total. The van der Waals surface area contributed by atoms with Crippen molar-refractivity contribution in [3.05, 3.63) is 197 Å². The van der Waals surface area contributed by atoms with Crippen LogP contribution in [0.2, 0.25) is 0 Å². The lowest BCUT2D eigenvalue weighted by molar-refractivity contribution is 0.560. The number of aromatic nitrogens is 1. The molecular weight excluding hydrogens is 657 g/mol. The maximum absolute atomic E-state index is 6.79. The lowest BCUT2D eigenvalue weighted by atomic mass is 9.87. The lowest BCUT2D eigenvalue weighted by Crippen LogP contribution is -2.32. The summed E-state index contributed by atoms with van der Waals surface area (Å²) in [4.78, 5) is 0. The molecule has 0 amide bonds. The van der Waals surface area contributed by atoms with Crippen molar-refractivity contribution in [1.29, 1.82) is 0 Å².